The van der Waals surface area contributed by atoms with Gasteiger partial charge < -0.3 is 10.0 Å². The van der Waals surface area contributed by atoms with Crippen LogP contribution in [0.25, 0.3) is 0 Å². The maximum absolute atomic E-state index is 8.92. The van der Waals surface area contributed by atoms with Gasteiger partial charge in [-0.05, 0) is 30.5 Å². The lowest BCUT2D eigenvalue weighted by molar-refractivity contribution is 0.282. The highest BCUT2D eigenvalue weighted by molar-refractivity contribution is 5.46. The minimum Gasteiger partial charge on any atom is -0.392 e. The van der Waals surface area contributed by atoms with Crippen LogP contribution in [-0.2, 0) is 6.61 Å². The topological polar surface area (TPSA) is 23.5 Å². The van der Waals surface area contributed by atoms with Gasteiger partial charge in [0.15, 0.2) is 0 Å². The fourth-order valence-corrected chi connectivity index (χ4v) is 1.46. The first-order chi connectivity index (χ1) is 7.27. The van der Waals surface area contributed by atoms with Gasteiger partial charge in [0, 0.05) is 19.3 Å². The van der Waals surface area contributed by atoms with E-state index >= 15 is 0 Å². The fourth-order valence-electron chi connectivity index (χ4n) is 1.46. The highest BCUT2D eigenvalue weighted by atomic mass is 16.3. The molecule has 82 valence electrons. The van der Waals surface area contributed by atoms with Crippen molar-refractivity contribution in [2.45, 2.75) is 19.4 Å². The van der Waals surface area contributed by atoms with E-state index < -0.39 is 0 Å². The second kappa shape index (κ2) is 6.25. The maximum Gasteiger partial charge on any atom is 0.0681 e. The first-order valence-corrected chi connectivity index (χ1v) is 5.29. The zero-order valence-electron chi connectivity index (χ0n) is 9.32. The Bertz CT molecular complexity index is 292. The summed E-state index contributed by atoms with van der Waals surface area (Å²) >= 11 is 0. The van der Waals surface area contributed by atoms with Crippen LogP contribution in [0.5, 0.6) is 0 Å². The van der Waals surface area contributed by atoms with E-state index in [-0.39, 0.29) is 6.61 Å². The Hall–Kier alpha value is -1.28. The minimum absolute atomic E-state index is 0.112. The van der Waals surface area contributed by atoms with Gasteiger partial charge in [0.2, 0.25) is 0 Å². The summed E-state index contributed by atoms with van der Waals surface area (Å²) in [7, 11) is 2.08. The monoisotopic (exact) mass is 205 g/mol. The lowest BCUT2D eigenvalue weighted by Crippen LogP contribution is -2.18. The van der Waals surface area contributed by atoms with Crippen LogP contribution in [0.2, 0.25) is 0 Å². The van der Waals surface area contributed by atoms with Crippen molar-refractivity contribution >= 4 is 5.69 Å². The molecule has 2 heteroatoms. The van der Waals surface area contributed by atoms with E-state index in [0.717, 1.165) is 24.9 Å². The molecule has 0 radical (unpaired) electrons. The lowest BCUT2D eigenvalue weighted by atomic mass is 10.2. The number of anilines is 1. The molecular weight excluding hydrogens is 186 g/mol. The number of hydrogen-bond donors (Lipinski definition) is 1. The van der Waals surface area contributed by atoms with Crippen LogP contribution < -0.4 is 4.90 Å². The van der Waals surface area contributed by atoms with E-state index in [4.69, 9.17) is 5.11 Å². The standard InChI is InChI=1S/C13H19NO/c1-3-4-5-10-14(2)13-8-6-12(11-15)7-9-13/h3,6-9,15H,1,4-5,10-11H2,2H3. The number of allylic oxidation sites excluding steroid dienone is 1. The SMILES string of the molecule is C=CCCCN(C)c1ccc(CO)cc1. The summed E-state index contributed by atoms with van der Waals surface area (Å²) < 4.78 is 0. The summed E-state index contributed by atoms with van der Waals surface area (Å²) in [6.45, 7) is 4.85. The molecule has 0 aliphatic rings. The highest BCUT2D eigenvalue weighted by Gasteiger charge is 1.99. The van der Waals surface area contributed by atoms with Gasteiger partial charge in [-0.2, -0.15) is 0 Å². The molecule has 0 amide bonds. The van der Waals surface area contributed by atoms with Gasteiger partial charge in [-0.3, -0.25) is 0 Å². The number of hydrogen-bond acceptors (Lipinski definition) is 2. The number of benzene rings is 1. The van der Waals surface area contributed by atoms with E-state index in [9.17, 15) is 0 Å². The molecule has 0 aromatic heterocycles. The zero-order chi connectivity index (χ0) is 11.1. The molecule has 0 atom stereocenters. The van der Waals surface area contributed by atoms with E-state index in [1.165, 1.54) is 5.69 Å². The molecule has 0 bridgehead atoms. The van der Waals surface area contributed by atoms with Crippen molar-refractivity contribution in [3.05, 3.63) is 42.5 Å². The Morgan fingerprint density at radius 2 is 2.00 bits per heavy atom. The molecule has 0 aliphatic heterocycles. The van der Waals surface area contributed by atoms with Gasteiger partial charge in [-0.1, -0.05) is 18.2 Å². The summed E-state index contributed by atoms with van der Waals surface area (Å²) in [6.07, 6.45) is 4.13. The molecular formula is C13H19NO. The van der Waals surface area contributed by atoms with E-state index in [1.807, 2.05) is 30.3 Å². The Morgan fingerprint density at radius 1 is 1.33 bits per heavy atom. The highest BCUT2D eigenvalue weighted by Crippen LogP contribution is 2.14. The van der Waals surface area contributed by atoms with Gasteiger partial charge in [0.05, 0.1) is 6.61 Å². The molecule has 0 unspecified atom stereocenters. The van der Waals surface area contributed by atoms with Gasteiger partial charge >= 0.3 is 0 Å². The van der Waals surface area contributed by atoms with Crippen LogP contribution in [0.4, 0.5) is 5.69 Å². The summed E-state index contributed by atoms with van der Waals surface area (Å²) in [5.74, 6) is 0. The average molecular weight is 205 g/mol. The molecule has 1 aromatic rings. The van der Waals surface area contributed by atoms with Crippen molar-refractivity contribution in [1.29, 1.82) is 0 Å². The molecule has 0 saturated heterocycles. The molecule has 1 N–H and O–H groups in total. The summed E-state index contributed by atoms with van der Waals surface area (Å²) in [5.41, 5.74) is 2.15. The molecule has 1 aromatic carbocycles. The Morgan fingerprint density at radius 3 is 2.53 bits per heavy atom. The number of unbranched alkanes of at least 4 members (excludes halogenated alkanes) is 1. The van der Waals surface area contributed by atoms with Crippen molar-refractivity contribution in [3.8, 4) is 0 Å². The van der Waals surface area contributed by atoms with Crippen LogP contribution >= 0.6 is 0 Å². The number of rotatable bonds is 6. The summed E-state index contributed by atoms with van der Waals surface area (Å²) in [4.78, 5) is 2.21. The summed E-state index contributed by atoms with van der Waals surface area (Å²) in [6, 6.07) is 8.00. The second-order valence-electron chi connectivity index (χ2n) is 3.68. The molecule has 0 aliphatic carbocycles. The van der Waals surface area contributed by atoms with Crippen LogP contribution in [0.1, 0.15) is 18.4 Å². The minimum atomic E-state index is 0.112. The van der Waals surface area contributed by atoms with Gasteiger partial charge in [0.25, 0.3) is 0 Å². The third kappa shape index (κ3) is 3.76. The smallest absolute Gasteiger partial charge is 0.0681 e. The largest absolute Gasteiger partial charge is 0.392 e. The summed E-state index contributed by atoms with van der Waals surface area (Å²) in [5, 5.41) is 8.92. The zero-order valence-corrected chi connectivity index (χ0v) is 9.32. The molecule has 0 heterocycles. The number of aliphatic hydroxyl groups is 1. The van der Waals surface area contributed by atoms with Crippen LogP contribution in [-0.4, -0.2) is 18.7 Å². The Balaban J connectivity index is 2.50. The molecule has 15 heavy (non-hydrogen) atoms. The van der Waals surface area contributed by atoms with Crippen LogP contribution in [0.3, 0.4) is 0 Å². The first-order valence-electron chi connectivity index (χ1n) is 5.29. The van der Waals surface area contributed by atoms with E-state index in [1.54, 1.807) is 0 Å². The maximum atomic E-state index is 8.92. The molecule has 0 fully saturated rings. The average Bonchev–Trinajstić information content (AvgIpc) is 2.29. The molecule has 1 rings (SSSR count). The van der Waals surface area contributed by atoms with Crippen LogP contribution in [0, 0.1) is 0 Å². The fraction of sp³-hybridized carbons (Fsp3) is 0.385. The number of nitrogens with zero attached hydrogens (tertiary/aromatic N) is 1. The predicted molar refractivity (Wildman–Crippen MR) is 65.1 cm³/mol. The van der Waals surface area contributed by atoms with Crippen molar-refractivity contribution < 1.29 is 5.11 Å². The van der Waals surface area contributed by atoms with Crippen molar-refractivity contribution in [3.63, 3.8) is 0 Å². The normalized spacial score (nSPS) is 10.0. The Labute approximate surface area is 91.9 Å². The lowest BCUT2D eigenvalue weighted by Gasteiger charge is -2.19. The van der Waals surface area contributed by atoms with Crippen molar-refractivity contribution in [1.82, 2.24) is 0 Å². The van der Waals surface area contributed by atoms with Gasteiger partial charge in [-0.25, -0.2) is 0 Å². The Kier molecular flexibility index (Phi) is 4.91. The third-order valence-corrected chi connectivity index (χ3v) is 2.46. The second-order valence-corrected chi connectivity index (χ2v) is 3.68. The third-order valence-electron chi connectivity index (χ3n) is 2.46. The predicted octanol–water partition coefficient (Wildman–Crippen LogP) is 2.58. The number of aliphatic hydroxyl groups excluding tert-OH is 1. The molecule has 0 saturated carbocycles. The quantitative estimate of drug-likeness (QED) is 0.570. The van der Waals surface area contributed by atoms with Gasteiger partial charge in [0.1, 0.15) is 0 Å². The van der Waals surface area contributed by atoms with E-state index in [2.05, 4.69) is 18.5 Å². The van der Waals surface area contributed by atoms with E-state index in [0.29, 0.717) is 0 Å². The van der Waals surface area contributed by atoms with Crippen LogP contribution in [0.15, 0.2) is 36.9 Å². The van der Waals surface area contributed by atoms with Gasteiger partial charge in [-0.15, -0.1) is 6.58 Å². The van der Waals surface area contributed by atoms with Crippen molar-refractivity contribution in [2.24, 2.45) is 0 Å². The first kappa shape index (κ1) is 11.8. The molecule has 0 spiro atoms. The molecule has 2 nitrogen and oxygen atoms in total. The van der Waals surface area contributed by atoms with Crippen molar-refractivity contribution in [2.75, 3.05) is 18.5 Å².